The van der Waals surface area contributed by atoms with Crippen LogP contribution in [0.15, 0.2) is 59.3 Å². The summed E-state index contributed by atoms with van der Waals surface area (Å²) >= 11 is 5.93. The van der Waals surface area contributed by atoms with Crippen LogP contribution >= 0.6 is 11.6 Å². The molecule has 0 aliphatic carbocycles. The summed E-state index contributed by atoms with van der Waals surface area (Å²) in [5, 5.41) is 5.89. The van der Waals surface area contributed by atoms with Crippen molar-refractivity contribution in [2.75, 3.05) is 11.4 Å². The number of benzene rings is 2. The molecule has 1 N–H and O–H groups in total. The van der Waals surface area contributed by atoms with E-state index in [0.29, 0.717) is 29.7 Å². The van der Waals surface area contributed by atoms with Crippen molar-refractivity contribution < 1.29 is 9.32 Å². The summed E-state index contributed by atoms with van der Waals surface area (Å²) in [5.41, 5.74) is 2.69. The van der Waals surface area contributed by atoms with E-state index in [9.17, 15) is 4.79 Å². The van der Waals surface area contributed by atoms with Crippen LogP contribution in [0.2, 0.25) is 5.02 Å². The average Bonchev–Trinajstić information content (AvgIpc) is 3.41. The van der Waals surface area contributed by atoms with Crippen molar-refractivity contribution in [2.24, 2.45) is 0 Å². The maximum atomic E-state index is 12.4. The lowest BCUT2D eigenvalue weighted by Gasteiger charge is -2.16. The van der Waals surface area contributed by atoms with Crippen molar-refractivity contribution in [3.8, 4) is 11.5 Å². The third-order valence-corrected chi connectivity index (χ3v) is 5.12. The van der Waals surface area contributed by atoms with Gasteiger partial charge in [0.05, 0.1) is 0 Å². The van der Waals surface area contributed by atoms with Crippen molar-refractivity contribution in [3.63, 3.8) is 0 Å². The van der Waals surface area contributed by atoms with E-state index in [-0.39, 0.29) is 11.8 Å². The Hall–Kier alpha value is -3.12. The lowest BCUT2D eigenvalue weighted by atomic mass is 10.1. The van der Waals surface area contributed by atoms with Crippen molar-refractivity contribution in [1.29, 1.82) is 0 Å². The van der Waals surface area contributed by atoms with Crippen molar-refractivity contribution in [3.05, 3.63) is 65.6 Å². The molecule has 0 bridgehead atoms. The van der Waals surface area contributed by atoms with Crippen LogP contribution in [-0.4, -0.2) is 27.6 Å². The molecule has 1 aliphatic rings. The van der Waals surface area contributed by atoms with Gasteiger partial charge in [-0.15, -0.1) is 0 Å². The van der Waals surface area contributed by atoms with E-state index >= 15 is 0 Å². The van der Waals surface area contributed by atoms with Crippen molar-refractivity contribution >= 4 is 34.1 Å². The van der Waals surface area contributed by atoms with Crippen LogP contribution in [0.4, 0.5) is 5.69 Å². The number of amides is 1. The predicted molar refractivity (Wildman–Crippen MR) is 103 cm³/mol. The highest BCUT2D eigenvalue weighted by Gasteiger charge is 2.34. The van der Waals surface area contributed by atoms with Crippen LogP contribution in [0.3, 0.4) is 0 Å². The molecule has 1 amide bonds. The quantitative estimate of drug-likeness (QED) is 0.573. The van der Waals surface area contributed by atoms with Gasteiger partial charge in [-0.25, -0.2) is 0 Å². The van der Waals surface area contributed by atoms with Gasteiger partial charge in [-0.3, -0.25) is 4.79 Å². The van der Waals surface area contributed by atoms with Gasteiger partial charge in [-0.1, -0.05) is 22.8 Å². The van der Waals surface area contributed by atoms with Gasteiger partial charge < -0.3 is 14.4 Å². The van der Waals surface area contributed by atoms with Crippen LogP contribution in [0.5, 0.6) is 0 Å². The highest BCUT2D eigenvalue weighted by molar-refractivity contribution is 6.30. The van der Waals surface area contributed by atoms with Crippen LogP contribution in [0, 0.1) is 0 Å². The molecule has 6 nitrogen and oxygen atoms in total. The molecule has 1 saturated heterocycles. The standard InChI is InChI=1S/C20H15ClN4O2/c21-15-3-5-16(6-4-15)25-11-14(10-18(25)26)19-23-20(27-24-19)13-2-1-12-7-8-22-17(12)9-13/h1-9,14,22H,10-11H2. The number of aromatic nitrogens is 3. The Morgan fingerprint density at radius 3 is 2.85 bits per heavy atom. The second-order valence-corrected chi connectivity index (χ2v) is 7.06. The van der Waals surface area contributed by atoms with E-state index in [1.165, 1.54) is 0 Å². The second kappa shape index (κ2) is 6.25. The Bertz CT molecular complexity index is 1130. The maximum absolute atomic E-state index is 12.4. The Morgan fingerprint density at radius 1 is 1.15 bits per heavy atom. The minimum absolute atomic E-state index is 0.0430. The van der Waals surface area contributed by atoms with E-state index in [4.69, 9.17) is 16.1 Å². The summed E-state index contributed by atoms with van der Waals surface area (Å²) in [4.78, 5) is 21.9. The molecule has 27 heavy (non-hydrogen) atoms. The molecule has 0 saturated carbocycles. The third-order valence-electron chi connectivity index (χ3n) is 4.87. The minimum Gasteiger partial charge on any atom is -0.361 e. The van der Waals surface area contributed by atoms with Gasteiger partial charge in [-0.2, -0.15) is 4.98 Å². The molecule has 1 atom stereocenters. The van der Waals surface area contributed by atoms with Crippen LogP contribution in [0.25, 0.3) is 22.4 Å². The predicted octanol–water partition coefficient (Wildman–Crippen LogP) is 4.39. The van der Waals surface area contributed by atoms with Crippen LogP contribution < -0.4 is 4.90 Å². The third kappa shape index (κ3) is 2.88. The lowest BCUT2D eigenvalue weighted by molar-refractivity contribution is -0.117. The van der Waals surface area contributed by atoms with Gasteiger partial charge in [0.2, 0.25) is 5.91 Å². The lowest BCUT2D eigenvalue weighted by Crippen LogP contribution is -2.24. The summed E-state index contributed by atoms with van der Waals surface area (Å²) < 4.78 is 5.46. The fraction of sp³-hybridized carbons (Fsp3) is 0.150. The fourth-order valence-corrected chi connectivity index (χ4v) is 3.58. The zero-order valence-corrected chi connectivity index (χ0v) is 15.0. The van der Waals surface area contributed by atoms with E-state index in [0.717, 1.165) is 22.2 Å². The topological polar surface area (TPSA) is 75.0 Å². The molecule has 0 radical (unpaired) electrons. The molecule has 4 aromatic rings. The minimum atomic E-state index is -0.0973. The van der Waals surface area contributed by atoms with Gasteiger partial charge in [0.1, 0.15) is 0 Å². The number of carbonyl (C=O) groups excluding carboxylic acids is 1. The molecule has 5 rings (SSSR count). The maximum Gasteiger partial charge on any atom is 0.258 e. The fourth-order valence-electron chi connectivity index (χ4n) is 3.45. The number of carbonyl (C=O) groups is 1. The first-order valence-corrected chi connectivity index (χ1v) is 9.02. The summed E-state index contributed by atoms with van der Waals surface area (Å²) in [5.74, 6) is 0.960. The molecule has 0 spiro atoms. The Balaban J connectivity index is 1.39. The van der Waals surface area contributed by atoms with Gasteiger partial charge in [0.25, 0.3) is 5.89 Å². The van der Waals surface area contributed by atoms with Gasteiger partial charge >= 0.3 is 0 Å². The molecule has 1 aliphatic heterocycles. The van der Waals surface area contributed by atoms with Gasteiger partial charge in [0.15, 0.2) is 5.82 Å². The van der Waals surface area contributed by atoms with E-state index in [2.05, 4.69) is 15.1 Å². The molecule has 2 aromatic carbocycles. The van der Waals surface area contributed by atoms with E-state index in [1.807, 2.05) is 42.6 Å². The largest absolute Gasteiger partial charge is 0.361 e. The smallest absolute Gasteiger partial charge is 0.258 e. The number of aromatic amines is 1. The van der Waals surface area contributed by atoms with Gasteiger partial charge in [0, 0.05) is 46.9 Å². The monoisotopic (exact) mass is 378 g/mol. The Morgan fingerprint density at radius 2 is 2.00 bits per heavy atom. The molecule has 134 valence electrons. The summed E-state index contributed by atoms with van der Waals surface area (Å²) in [6, 6.07) is 15.2. The number of fused-ring (bicyclic) bond motifs is 1. The number of nitrogens with zero attached hydrogens (tertiary/aromatic N) is 3. The number of anilines is 1. The molecule has 3 heterocycles. The number of hydrogen-bond donors (Lipinski definition) is 1. The number of hydrogen-bond acceptors (Lipinski definition) is 4. The van der Waals surface area contributed by atoms with E-state index < -0.39 is 0 Å². The zero-order chi connectivity index (χ0) is 18.4. The number of H-pyrrole nitrogens is 1. The average molecular weight is 379 g/mol. The SMILES string of the molecule is O=C1CC(c2noc(-c3ccc4cc[nH]c4c3)n2)CN1c1ccc(Cl)cc1. The number of rotatable bonds is 3. The molecule has 7 heteroatoms. The molecule has 1 unspecified atom stereocenters. The van der Waals surface area contributed by atoms with Crippen molar-refractivity contribution in [2.45, 2.75) is 12.3 Å². The first kappa shape index (κ1) is 16.1. The molecule has 2 aromatic heterocycles. The van der Waals surface area contributed by atoms with Crippen LogP contribution in [0.1, 0.15) is 18.2 Å². The van der Waals surface area contributed by atoms with Gasteiger partial charge in [-0.05, 0) is 47.9 Å². The number of halogens is 1. The molecular weight excluding hydrogens is 364 g/mol. The Kier molecular flexibility index (Phi) is 3.72. The van der Waals surface area contributed by atoms with Crippen LogP contribution in [-0.2, 0) is 4.79 Å². The first-order chi connectivity index (χ1) is 13.2. The van der Waals surface area contributed by atoms with Crippen molar-refractivity contribution in [1.82, 2.24) is 15.1 Å². The Labute approximate surface area is 159 Å². The molecular formula is C20H15ClN4O2. The first-order valence-electron chi connectivity index (χ1n) is 8.64. The highest BCUT2D eigenvalue weighted by Crippen LogP contribution is 2.32. The molecule has 1 fully saturated rings. The summed E-state index contributed by atoms with van der Waals surface area (Å²) in [7, 11) is 0. The summed E-state index contributed by atoms with van der Waals surface area (Å²) in [6.45, 7) is 0.523. The highest BCUT2D eigenvalue weighted by atomic mass is 35.5. The normalized spacial score (nSPS) is 17.1. The summed E-state index contributed by atoms with van der Waals surface area (Å²) in [6.07, 6.45) is 2.25. The second-order valence-electron chi connectivity index (χ2n) is 6.62. The zero-order valence-electron chi connectivity index (χ0n) is 14.2. The number of nitrogens with one attached hydrogen (secondary N) is 1. The van der Waals surface area contributed by atoms with E-state index in [1.54, 1.807) is 17.0 Å².